The summed E-state index contributed by atoms with van der Waals surface area (Å²) in [5.41, 5.74) is 2.10. The minimum atomic E-state index is 0.305. The van der Waals surface area contributed by atoms with Crippen LogP contribution in [0.2, 0.25) is 0 Å². The van der Waals surface area contributed by atoms with E-state index in [1.807, 2.05) is 0 Å². The molecule has 0 saturated carbocycles. The average molecular weight is 175 g/mol. The zero-order valence-electron chi connectivity index (χ0n) is 2.13. The Kier molecular flexibility index (Phi) is 3.49. The lowest BCUT2D eigenvalue weighted by atomic mass is 11.3. The highest BCUT2D eigenvalue weighted by Gasteiger charge is 1.71. The molecule has 0 aromatic carbocycles. The van der Waals surface area contributed by atoms with Gasteiger partial charge in [-0.15, -0.1) is 0 Å². The zero-order chi connectivity index (χ0) is 4.28. The molecule has 0 N–H and O–H groups in total. The first kappa shape index (κ1) is 5.80. The lowest BCUT2D eigenvalue weighted by Gasteiger charge is -1.63. The van der Waals surface area contributed by atoms with Crippen molar-refractivity contribution < 1.29 is 0 Å². The Labute approximate surface area is 48.9 Å². The highest BCUT2D eigenvalue weighted by molar-refractivity contribution is 9.12. The molecule has 5 heavy (non-hydrogen) atoms. The van der Waals surface area contributed by atoms with Crippen LogP contribution in [0.25, 0.3) is 0 Å². The van der Waals surface area contributed by atoms with Crippen LogP contribution in [0.15, 0.2) is 3.94 Å². The van der Waals surface area contributed by atoms with Gasteiger partial charge in [-0.25, -0.2) is 0 Å². The third-order valence-corrected chi connectivity index (χ3v) is 0.878. The van der Waals surface area contributed by atoms with Crippen molar-refractivity contribution in [1.82, 2.24) is 0 Å². The van der Waals surface area contributed by atoms with E-state index in [9.17, 15) is 0 Å². The van der Waals surface area contributed by atoms with E-state index in [4.69, 9.17) is 23.2 Å². The summed E-state index contributed by atoms with van der Waals surface area (Å²) in [7, 11) is 0. The topological polar surface area (TPSA) is 0 Å². The molecule has 0 aliphatic carbocycles. The number of hydrogen-bond acceptors (Lipinski definition) is 0. The van der Waals surface area contributed by atoms with Gasteiger partial charge in [-0.05, 0) is 15.9 Å². The Bertz CT molecular complexity index is 45.6. The van der Waals surface area contributed by atoms with Gasteiger partial charge in [0, 0.05) is 0 Å². The fourth-order valence-electron chi connectivity index (χ4n) is 0. The molecule has 3 heteroatoms. The molecule has 0 fully saturated rings. The SMILES string of the molecule is Cl[C]=C(Cl)Br. The molecule has 0 aliphatic rings. The Hall–Kier alpha value is 0.800. The normalized spacial score (nSPS) is 12.2. The lowest BCUT2D eigenvalue weighted by Crippen LogP contribution is -1.34. The maximum absolute atomic E-state index is 5.05. The maximum atomic E-state index is 5.05. The van der Waals surface area contributed by atoms with Crippen LogP contribution < -0.4 is 0 Å². The van der Waals surface area contributed by atoms with Gasteiger partial charge in [0.15, 0.2) is 0 Å². The van der Waals surface area contributed by atoms with Crippen molar-refractivity contribution in [1.29, 1.82) is 0 Å². The Balaban J connectivity index is 3.14. The second kappa shape index (κ2) is 3.01. The summed E-state index contributed by atoms with van der Waals surface area (Å²) in [6, 6.07) is 0. The first-order chi connectivity index (χ1) is 2.27. The standard InChI is InChI=1S/C2BrCl2/c3-2(5)1-4. The summed E-state index contributed by atoms with van der Waals surface area (Å²) in [6.07, 6.45) is 0. The van der Waals surface area contributed by atoms with E-state index in [1.165, 1.54) is 0 Å². The summed E-state index contributed by atoms with van der Waals surface area (Å²) in [6.45, 7) is 0. The van der Waals surface area contributed by atoms with E-state index in [-0.39, 0.29) is 0 Å². The van der Waals surface area contributed by atoms with Crippen molar-refractivity contribution in [2.24, 2.45) is 0 Å². The highest BCUT2D eigenvalue weighted by Crippen LogP contribution is 2.08. The minimum absolute atomic E-state index is 0.305. The summed E-state index contributed by atoms with van der Waals surface area (Å²) in [4.78, 5) is 0. The molecule has 0 aliphatic heterocycles. The molecule has 0 unspecified atom stereocenters. The van der Waals surface area contributed by atoms with E-state index in [0.29, 0.717) is 3.94 Å². The van der Waals surface area contributed by atoms with Gasteiger partial charge in [0.05, 0.1) is 5.54 Å². The molecule has 0 spiro atoms. The molecule has 0 aromatic rings. The molecule has 0 bridgehead atoms. The molecule has 0 rings (SSSR count). The van der Waals surface area contributed by atoms with Crippen molar-refractivity contribution >= 4 is 39.1 Å². The van der Waals surface area contributed by atoms with Crippen LogP contribution in [-0.2, 0) is 0 Å². The van der Waals surface area contributed by atoms with Crippen LogP contribution in [0.5, 0.6) is 0 Å². The van der Waals surface area contributed by atoms with E-state index < -0.39 is 0 Å². The molecule has 0 amide bonds. The van der Waals surface area contributed by atoms with Gasteiger partial charge >= 0.3 is 0 Å². The minimum Gasteiger partial charge on any atom is -0.0804 e. The van der Waals surface area contributed by atoms with Crippen LogP contribution in [0.3, 0.4) is 0 Å². The predicted octanol–water partition coefficient (Wildman–Crippen LogP) is 2.46. The largest absolute Gasteiger partial charge is 0.104 e. The molecular formula is C2BrCl2. The smallest absolute Gasteiger partial charge is 0.0804 e. The van der Waals surface area contributed by atoms with Gasteiger partial charge in [0.2, 0.25) is 0 Å². The van der Waals surface area contributed by atoms with E-state index in [0.717, 1.165) is 0 Å². The van der Waals surface area contributed by atoms with Crippen molar-refractivity contribution in [3.63, 3.8) is 0 Å². The second-order valence-corrected chi connectivity index (χ2v) is 2.17. The van der Waals surface area contributed by atoms with Crippen molar-refractivity contribution in [2.75, 3.05) is 0 Å². The molecule has 1 radical (unpaired) electrons. The fourth-order valence-corrected chi connectivity index (χ4v) is 0. The van der Waals surface area contributed by atoms with Gasteiger partial charge in [0.1, 0.15) is 3.94 Å². The summed E-state index contributed by atoms with van der Waals surface area (Å²) < 4.78 is 0.305. The average Bonchev–Trinajstić information content (AvgIpc) is 1.38. The quantitative estimate of drug-likeness (QED) is 0.530. The van der Waals surface area contributed by atoms with Gasteiger partial charge in [-0.3, -0.25) is 0 Å². The van der Waals surface area contributed by atoms with Crippen LogP contribution in [0.4, 0.5) is 0 Å². The summed E-state index contributed by atoms with van der Waals surface area (Å²) in [5, 5.41) is 0. The fraction of sp³-hybridized carbons (Fsp3) is 0. The molecule has 0 aromatic heterocycles. The van der Waals surface area contributed by atoms with Crippen molar-refractivity contribution in [3.05, 3.63) is 9.48 Å². The zero-order valence-corrected chi connectivity index (χ0v) is 5.23. The van der Waals surface area contributed by atoms with E-state index in [2.05, 4.69) is 21.5 Å². The molecule has 29 valence electrons. The van der Waals surface area contributed by atoms with Crippen LogP contribution in [0, 0.1) is 5.54 Å². The number of rotatable bonds is 0. The number of halogens is 3. The highest BCUT2D eigenvalue weighted by atomic mass is 79.9. The maximum Gasteiger partial charge on any atom is 0.104 e. The predicted molar refractivity (Wildman–Crippen MR) is 27.4 cm³/mol. The monoisotopic (exact) mass is 173 g/mol. The third-order valence-electron chi connectivity index (χ3n) is 0.0714. The van der Waals surface area contributed by atoms with Crippen molar-refractivity contribution in [3.8, 4) is 0 Å². The van der Waals surface area contributed by atoms with Crippen LogP contribution in [0.1, 0.15) is 0 Å². The van der Waals surface area contributed by atoms with Crippen LogP contribution >= 0.6 is 39.1 Å². The molecule has 0 atom stereocenters. The number of hydrogen-bond donors (Lipinski definition) is 0. The van der Waals surface area contributed by atoms with Gasteiger partial charge < -0.3 is 0 Å². The Morgan fingerprint density at radius 1 is 1.80 bits per heavy atom. The summed E-state index contributed by atoms with van der Waals surface area (Å²) in [5.74, 6) is 0. The lowest BCUT2D eigenvalue weighted by molar-refractivity contribution is 2.31. The molecule has 0 saturated heterocycles. The Morgan fingerprint density at radius 3 is 2.00 bits per heavy atom. The first-order valence-corrected chi connectivity index (χ1v) is 2.37. The van der Waals surface area contributed by atoms with E-state index >= 15 is 0 Å². The van der Waals surface area contributed by atoms with Gasteiger partial charge in [0.25, 0.3) is 0 Å². The molecular weight excluding hydrogens is 175 g/mol. The first-order valence-electron chi connectivity index (χ1n) is 0.817. The van der Waals surface area contributed by atoms with Gasteiger partial charge in [-0.2, -0.15) is 0 Å². The molecule has 0 heterocycles. The van der Waals surface area contributed by atoms with E-state index in [1.54, 1.807) is 0 Å². The second-order valence-electron chi connectivity index (χ2n) is 0.355. The Morgan fingerprint density at radius 2 is 2.00 bits per heavy atom. The summed E-state index contributed by atoms with van der Waals surface area (Å²) >= 11 is 12.7. The molecule has 0 nitrogen and oxygen atoms in total. The third kappa shape index (κ3) is 4.80. The van der Waals surface area contributed by atoms with Gasteiger partial charge in [-0.1, -0.05) is 23.2 Å². The van der Waals surface area contributed by atoms with Crippen LogP contribution in [-0.4, -0.2) is 0 Å². The van der Waals surface area contributed by atoms with Crippen molar-refractivity contribution in [2.45, 2.75) is 0 Å².